The topological polar surface area (TPSA) is 64.8 Å². The van der Waals surface area contributed by atoms with E-state index in [0.717, 1.165) is 12.8 Å². The summed E-state index contributed by atoms with van der Waals surface area (Å²) in [4.78, 5) is 14.7. The van der Waals surface area contributed by atoms with Crippen LogP contribution in [0.15, 0.2) is 42.5 Å². The molecule has 2 heterocycles. The Morgan fingerprint density at radius 2 is 1.96 bits per heavy atom. The first-order valence-corrected chi connectivity index (χ1v) is 8.58. The van der Waals surface area contributed by atoms with E-state index in [-0.39, 0.29) is 11.5 Å². The van der Waals surface area contributed by atoms with E-state index in [0.29, 0.717) is 36.7 Å². The zero-order chi connectivity index (χ0) is 17.4. The van der Waals surface area contributed by atoms with Crippen LogP contribution in [0.2, 0.25) is 0 Å². The average Bonchev–Trinajstić information content (AvgIpc) is 3.01. The third-order valence-electron chi connectivity index (χ3n) is 5.35. The molecule has 2 N–H and O–H groups in total. The second-order valence-electron chi connectivity index (χ2n) is 6.69. The highest BCUT2D eigenvalue weighted by Crippen LogP contribution is 2.44. The van der Waals surface area contributed by atoms with E-state index in [1.165, 1.54) is 11.1 Å². The standard InChI is InChI=1S/C20H22N2O3/c1-24-18-12-14(6-7-17(18)21)19(23)22-10-8-20(9-11-22)16-5-3-2-4-15(16)13-25-20/h2-7,12H,8-11,13,21H2,1H3. The zero-order valence-electron chi connectivity index (χ0n) is 14.3. The molecule has 1 spiro atoms. The summed E-state index contributed by atoms with van der Waals surface area (Å²) < 4.78 is 11.4. The van der Waals surface area contributed by atoms with Gasteiger partial charge in [-0.3, -0.25) is 4.79 Å². The van der Waals surface area contributed by atoms with Crippen molar-refractivity contribution in [3.63, 3.8) is 0 Å². The van der Waals surface area contributed by atoms with Gasteiger partial charge in [-0.2, -0.15) is 0 Å². The molecule has 0 saturated carbocycles. The molecule has 0 aliphatic carbocycles. The van der Waals surface area contributed by atoms with Crippen LogP contribution < -0.4 is 10.5 Å². The molecule has 2 aliphatic rings. The van der Waals surface area contributed by atoms with Crippen LogP contribution in [0.3, 0.4) is 0 Å². The van der Waals surface area contributed by atoms with Crippen LogP contribution in [0.5, 0.6) is 5.75 Å². The summed E-state index contributed by atoms with van der Waals surface area (Å²) in [5, 5.41) is 0. The number of hydrogen-bond acceptors (Lipinski definition) is 4. The van der Waals surface area contributed by atoms with Gasteiger partial charge in [0.05, 0.1) is 25.0 Å². The molecule has 0 atom stereocenters. The van der Waals surface area contributed by atoms with Gasteiger partial charge >= 0.3 is 0 Å². The summed E-state index contributed by atoms with van der Waals surface area (Å²) in [6, 6.07) is 13.6. The molecule has 1 saturated heterocycles. The number of benzene rings is 2. The van der Waals surface area contributed by atoms with Crippen molar-refractivity contribution in [1.82, 2.24) is 4.90 Å². The van der Waals surface area contributed by atoms with E-state index in [9.17, 15) is 4.79 Å². The van der Waals surface area contributed by atoms with Gasteiger partial charge in [0.15, 0.2) is 0 Å². The van der Waals surface area contributed by atoms with Gasteiger partial charge in [-0.05, 0) is 42.2 Å². The van der Waals surface area contributed by atoms with Crippen molar-refractivity contribution in [3.8, 4) is 5.75 Å². The first kappa shape index (κ1) is 16.0. The molecule has 0 radical (unpaired) electrons. The maximum Gasteiger partial charge on any atom is 0.253 e. The molecule has 1 amide bonds. The Kier molecular flexibility index (Phi) is 3.88. The largest absolute Gasteiger partial charge is 0.495 e. The van der Waals surface area contributed by atoms with Gasteiger partial charge in [-0.1, -0.05) is 24.3 Å². The lowest BCUT2D eigenvalue weighted by Crippen LogP contribution is -2.45. The van der Waals surface area contributed by atoms with Gasteiger partial charge in [0.1, 0.15) is 5.75 Å². The van der Waals surface area contributed by atoms with Crippen LogP contribution in [0.1, 0.15) is 34.3 Å². The summed E-state index contributed by atoms with van der Waals surface area (Å²) in [6.07, 6.45) is 1.64. The van der Waals surface area contributed by atoms with Gasteiger partial charge in [0.25, 0.3) is 5.91 Å². The first-order valence-electron chi connectivity index (χ1n) is 8.58. The molecule has 2 aromatic carbocycles. The smallest absolute Gasteiger partial charge is 0.253 e. The molecular weight excluding hydrogens is 316 g/mol. The quantitative estimate of drug-likeness (QED) is 0.855. The van der Waals surface area contributed by atoms with Crippen LogP contribution >= 0.6 is 0 Å². The highest BCUT2D eigenvalue weighted by atomic mass is 16.5. The number of nitrogens with zero attached hydrogens (tertiary/aromatic N) is 1. The number of carbonyl (C=O) groups is 1. The summed E-state index contributed by atoms with van der Waals surface area (Å²) in [5.74, 6) is 0.548. The molecular formula is C20H22N2O3. The van der Waals surface area contributed by atoms with E-state index in [1.54, 1.807) is 25.3 Å². The molecule has 5 nitrogen and oxygen atoms in total. The van der Waals surface area contributed by atoms with Crippen molar-refractivity contribution < 1.29 is 14.3 Å². The number of ether oxygens (including phenoxy) is 2. The maximum absolute atomic E-state index is 12.8. The lowest BCUT2D eigenvalue weighted by atomic mass is 9.83. The van der Waals surface area contributed by atoms with E-state index in [1.807, 2.05) is 11.0 Å². The van der Waals surface area contributed by atoms with E-state index in [2.05, 4.69) is 18.2 Å². The number of nitrogens with two attached hydrogens (primary N) is 1. The van der Waals surface area contributed by atoms with Gasteiger partial charge < -0.3 is 20.1 Å². The molecule has 2 aliphatic heterocycles. The maximum atomic E-state index is 12.8. The number of methoxy groups -OCH3 is 1. The van der Waals surface area contributed by atoms with Crippen molar-refractivity contribution in [1.29, 1.82) is 0 Å². The fourth-order valence-electron chi connectivity index (χ4n) is 3.90. The lowest BCUT2D eigenvalue weighted by Gasteiger charge is -2.39. The average molecular weight is 338 g/mol. The lowest BCUT2D eigenvalue weighted by molar-refractivity contribution is -0.0741. The van der Waals surface area contributed by atoms with Crippen LogP contribution in [-0.4, -0.2) is 31.0 Å². The number of rotatable bonds is 2. The SMILES string of the molecule is COc1cc(C(=O)N2CCC3(CC2)OCc2ccccc23)ccc1N. The number of anilines is 1. The predicted molar refractivity (Wildman–Crippen MR) is 95.5 cm³/mol. The van der Waals surface area contributed by atoms with Gasteiger partial charge in [-0.25, -0.2) is 0 Å². The summed E-state index contributed by atoms with van der Waals surface area (Å²) >= 11 is 0. The molecule has 1 fully saturated rings. The number of amides is 1. The highest BCUT2D eigenvalue weighted by molar-refractivity contribution is 5.95. The number of nitrogen functional groups attached to an aromatic ring is 1. The molecule has 25 heavy (non-hydrogen) atoms. The molecule has 0 aromatic heterocycles. The Balaban J connectivity index is 1.50. The van der Waals surface area contributed by atoms with E-state index >= 15 is 0 Å². The third kappa shape index (κ3) is 2.65. The molecule has 0 unspecified atom stereocenters. The summed E-state index contributed by atoms with van der Waals surface area (Å²) in [6.45, 7) is 2.03. The van der Waals surface area contributed by atoms with Crippen LogP contribution in [0, 0.1) is 0 Å². The monoisotopic (exact) mass is 338 g/mol. The van der Waals surface area contributed by atoms with Crippen molar-refractivity contribution in [2.45, 2.75) is 25.0 Å². The number of fused-ring (bicyclic) bond motifs is 2. The van der Waals surface area contributed by atoms with Crippen LogP contribution in [-0.2, 0) is 16.9 Å². The Bertz CT molecular complexity index is 810. The predicted octanol–water partition coefficient (Wildman–Crippen LogP) is 2.94. The van der Waals surface area contributed by atoms with Crippen molar-refractivity contribution in [3.05, 3.63) is 59.2 Å². The fourth-order valence-corrected chi connectivity index (χ4v) is 3.90. The van der Waals surface area contributed by atoms with Crippen LogP contribution in [0.25, 0.3) is 0 Å². The summed E-state index contributed by atoms with van der Waals surface area (Å²) in [5.41, 5.74) is 9.30. The molecule has 130 valence electrons. The Morgan fingerprint density at radius 3 is 2.72 bits per heavy atom. The normalized spacial score (nSPS) is 18.2. The second-order valence-corrected chi connectivity index (χ2v) is 6.69. The Morgan fingerprint density at radius 1 is 1.20 bits per heavy atom. The minimum Gasteiger partial charge on any atom is -0.495 e. The Hall–Kier alpha value is -2.53. The molecule has 5 heteroatoms. The number of piperidine rings is 1. The molecule has 0 bridgehead atoms. The third-order valence-corrected chi connectivity index (χ3v) is 5.35. The number of hydrogen-bond donors (Lipinski definition) is 1. The first-order chi connectivity index (χ1) is 12.1. The highest BCUT2D eigenvalue weighted by Gasteiger charge is 2.43. The number of likely N-dealkylation sites (tertiary alicyclic amines) is 1. The number of carbonyl (C=O) groups excluding carboxylic acids is 1. The molecule has 4 rings (SSSR count). The van der Waals surface area contributed by atoms with E-state index in [4.69, 9.17) is 15.2 Å². The molecule has 2 aromatic rings. The van der Waals surface area contributed by atoms with Gasteiger partial charge in [-0.15, -0.1) is 0 Å². The van der Waals surface area contributed by atoms with Gasteiger partial charge in [0, 0.05) is 18.7 Å². The zero-order valence-corrected chi connectivity index (χ0v) is 14.3. The Labute approximate surface area is 147 Å². The van der Waals surface area contributed by atoms with Crippen molar-refractivity contribution in [2.75, 3.05) is 25.9 Å². The fraction of sp³-hybridized carbons (Fsp3) is 0.350. The van der Waals surface area contributed by atoms with Crippen molar-refractivity contribution in [2.24, 2.45) is 0 Å². The summed E-state index contributed by atoms with van der Waals surface area (Å²) in [7, 11) is 1.56. The second kappa shape index (κ2) is 6.08. The van der Waals surface area contributed by atoms with Crippen LogP contribution in [0.4, 0.5) is 5.69 Å². The van der Waals surface area contributed by atoms with E-state index < -0.39 is 0 Å². The minimum atomic E-state index is -0.230. The van der Waals surface area contributed by atoms with Crippen molar-refractivity contribution >= 4 is 11.6 Å². The minimum absolute atomic E-state index is 0.0134. The van der Waals surface area contributed by atoms with Gasteiger partial charge in [0.2, 0.25) is 0 Å².